The van der Waals surface area contributed by atoms with Crippen LogP contribution in [0.15, 0.2) is 42.9 Å². The lowest BCUT2D eigenvalue weighted by atomic mass is 9.93. The summed E-state index contributed by atoms with van der Waals surface area (Å²) in [7, 11) is -0.611. The van der Waals surface area contributed by atoms with Crippen LogP contribution in [0.25, 0.3) is 0 Å². The number of hydrogen-bond acceptors (Lipinski definition) is 8. The molecule has 0 bridgehead atoms. The van der Waals surface area contributed by atoms with Crippen LogP contribution in [0, 0.1) is 11.2 Å². The number of anilines is 2. The second-order valence-electron chi connectivity index (χ2n) is 9.36. The smallest absolute Gasteiger partial charge is 0.166 e. The Morgan fingerprint density at radius 2 is 1.90 bits per heavy atom. The Kier molecular flexibility index (Phi) is 11.3. The zero-order valence-electron chi connectivity index (χ0n) is 21.7. The summed E-state index contributed by atoms with van der Waals surface area (Å²) in [6.45, 7) is 4.81. The fourth-order valence-electron chi connectivity index (χ4n) is 3.97. The summed E-state index contributed by atoms with van der Waals surface area (Å²) in [5.74, 6) is 0.265. The number of pyridine rings is 2. The molecule has 0 spiro atoms. The van der Waals surface area contributed by atoms with Gasteiger partial charge in [-0.3, -0.25) is 14.6 Å². The van der Waals surface area contributed by atoms with E-state index in [2.05, 4.69) is 37.1 Å². The summed E-state index contributed by atoms with van der Waals surface area (Å²) < 4.78 is 30.6. The molecule has 0 aliphatic carbocycles. The maximum atomic E-state index is 14.9. The van der Waals surface area contributed by atoms with Crippen LogP contribution in [0.1, 0.15) is 36.6 Å². The van der Waals surface area contributed by atoms with Gasteiger partial charge in [0.2, 0.25) is 0 Å². The summed E-state index contributed by atoms with van der Waals surface area (Å²) in [6.07, 6.45) is 7.72. The van der Waals surface area contributed by atoms with Gasteiger partial charge >= 0.3 is 0 Å². The minimum absolute atomic E-state index is 0.116. The molecule has 1 unspecified atom stereocenters. The Bertz CT molecular complexity index is 1350. The van der Waals surface area contributed by atoms with Crippen LogP contribution < -0.4 is 20.5 Å². The molecule has 210 valence electrons. The van der Waals surface area contributed by atoms with E-state index in [0.717, 1.165) is 5.69 Å². The standard InChI is InChI=1S/C23H23Cl2FIN6OP.C2H6OS/c1-12(20-16(24)8-30-9-17(20)25)34-14-3-4-19(32-35-27)15(6-14)21(28)13-5-18(26)22(31-7-13)33-10-23(2,29)11-33;1-4(2)3/h3-9,12,28,32,35H,10-11,29H2,1-2H3;1-2H3/t12-;/m1./s1. The molecule has 8 nitrogen and oxygen atoms in total. The molecule has 14 heteroatoms. The van der Waals surface area contributed by atoms with Gasteiger partial charge in [-0.25, -0.2) is 9.37 Å². The minimum atomic E-state index is -0.611. The van der Waals surface area contributed by atoms with Crippen LogP contribution in [0.4, 0.5) is 15.9 Å². The second kappa shape index (κ2) is 13.8. The highest BCUT2D eigenvalue weighted by Gasteiger charge is 2.37. The van der Waals surface area contributed by atoms with Crippen molar-refractivity contribution in [3.05, 3.63) is 75.4 Å². The Morgan fingerprint density at radius 1 is 1.28 bits per heavy atom. The van der Waals surface area contributed by atoms with E-state index in [0.29, 0.717) is 51.9 Å². The van der Waals surface area contributed by atoms with Crippen molar-refractivity contribution in [2.45, 2.75) is 25.5 Å². The molecule has 0 radical (unpaired) electrons. The molecule has 1 saturated heterocycles. The lowest BCUT2D eigenvalue weighted by Crippen LogP contribution is -2.66. The number of hydrogen-bond donors (Lipinski definition) is 3. The monoisotopic (exact) mass is 724 g/mol. The molecular weight excluding hydrogens is 696 g/mol. The fraction of sp³-hybridized carbons (Fsp3) is 0.320. The molecule has 4 N–H and O–H groups in total. The van der Waals surface area contributed by atoms with Crippen molar-refractivity contribution in [1.29, 1.82) is 5.41 Å². The van der Waals surface area contributed by atoms with Crippen LogP contribution in [0.5, 0.6) is 5.75 Å². The number of halogens is 4. The number of benzene rings is 1. The van der Waals surface area contributed by atoms with Crippen molar-refractivity contribution >= 4 is 79.6 Å². The molecule has 1 fully saturated rings. The van der Waals surface area contributed by atoms with E-state index >= 15 is 0 Å². The first-order valence-electron chi connectivity index (χ1n) is 11.6. The van der Waals surface area contributed by atoms with Crippen molar-refractivity contribution in [1.82, 2.24) is 9.97 Å². The van der Waals surface area contributed by atoms with E-state index in [1.807, 2.05) is 19.9 Å². The van der Waals surface area contributed by atoms with Gasteiger partial charge < -0.3 is 20.5 Å². The number of ether oxygens (including phenoxy) is 1. The zero-order chi connectivity index (χ0) is 28.9. The first kappa shape index (κ1) is 31.9. The van der Waals surface area contributed by atoms with E-state index in [-0.39, 0.29) is 17.1 Å². The Morgan fingerprint density at radius 3 is 2.44 bits per heavy atom. The van der Waals surface area contributed by atoms with Crippen molar-refractivity contribution < 1.29 is 13.3 Å². The Labute approximate surface area is 254 Å². The predicted octanol–water partition coefficient (Wildman–Crippen LogP) is 6.37. The molecule has 1 aliphatic heterocycles. The predicted molar refractivity (Wildman–Crippen MR) is 171 cm³/mol. The molecule has 1 aromatic carbocycles. The van der Waals surface area contributed by atoms with Gasteiger partial charge in [-0.15, -0.1) is 0 Å². The number of aromatic nitrogens is 2. The normalized spacial score (nSPS) is 15.0. The highest BCUT2D eigenvalue weighted by atomic mass is 127. The van der Waals surface area contributed by atoms with Crippen LogP contribution in [0.3, 0.4) is 0 Å². The van der Waals surface area contributed by atoms with Gasteiger partial charge in [-0.2, -0.15) is 0 Å². The lowest BCUT2D eigenvalue weighted by Gasteiger charge is -2.46. The van der Waals surface area contributed by atoms with Crippen molar-refractivity contribution in [2.75, 3.05) is 35.6 Å². The van der Waals surface area contributed by atoms with Crippen molar-refractivity contribution in [3.63, 3.8) is 0 Å². The van der Waals surface area contributed by atoms with Crippen molar-refractivity contribution in [3.8, 4) is 5.75 Å². The molecule has 3 aromatic rings. The van der Waals surface area contributed by atoms with E-state index in [9.17, 15) is 8.60 Å². The van der Waals surface area contributed by atoms with E-state index in [1.165, 1.54) is 24.7 Å². The first-order chi connectivity index (χ1) is 18.3. The topological polar surface area (TPSA) is 117 Å². The third-order valence-corrected chi connectivity index (χ3v) is 7.34. The van der Waals surface area contributed by atoms with E-state index < -0.39 is 22.7 Å². The van der Waals surface area contributed by atoms with Gasteiger partial charge in [0.25, 0.3) is 0 Å². The minimum Gasteiger partial charge on any atom is -0.486 e. The number of nitrogens with two attached hydrogens (primary N) is 1. The maximum absolute atomic E-state index is 14.9. The molecule has 39 heavy (non-hydrogen) atoms. The summed E-state index contributed by atoms with van der Waals surface area (Å²) in [4.78, 5) is 10.1. The molecule has 4 rings (SSSR count). The first-order valence-corrected chi connectivity index (χ1v) is 18.4. The van der Waals surface area contributed by atoms with Crippen LogP contribution in [-0.2, 0) is 10.8 Å². The molecule has 0 saturated carbocycles. The summed E-state index contributed by atoms with van der Waals surface area (Å²) in [6, 6.07) is 6.69. The van der Waals surface area contributed by atoms with Gasteiger partial charge in [-0.1, -0.05) is 23.2 Å². The van der Waals surface area contributed by atoms with Gasteiger partial charge in [-0.05, 0) is 60.2 Å². The molecule has 1 aliphatic rings. The van der Waals surface area contributed by atoms with Gasteiger partial charge in [0.15, 0.2) is 11.6 Å². The lowest BCUT2D eigenvalue weighted by molar-refractivity contribution is 0.227. The van der Waals surface area contributed by atoms with Gasteiger partial charge in [0, 0.05) is 89.3 Å². The molecular formula is C25H29Cl2FIN6O2PS. The average molecular weight is 725 g/mol. The highest BCUT2D eigenvalue weighted by molar-refractivity contribution is 14.2. The van der Waals surface area contributed by atoms with Crippen LogP contribution in [0.2, 0.25) is 10.0 Å². The molecule has 3 heterocycles. The number of rotatable bonds is 8. The van der Waals surface area contributed by atoms with Crippen molar-refractivity contribution in [2.24, 2.45) is 5.73 Å². The largest absolute Gasteiger partial charge is 0.486 e. The molecule has 2 aromatic heterocycles. The molecule has 2 atom stereocenters. The third kappa shape index (κ3) is 8.43. The molecule has 0 amide bonds. The SMILES string of the molecule is CS(C)=O.C[C@@H](Oc1ccc(NPI)c(C(=N)c2cnc(N3CC(C)(N)C3)c(F)c2)c1)c1c(Cl)cncc1Cl. The highest BCUT2D eigenvalue weighted by Crippen LogP contribution is 2.36. The number of nitrogens with zero attached hydrogens (tertiary/aromatic N) is 3. The van der Waals surface area contributed by atoms with Gasteiger partial charge in [0.05, 0.1) is 15.8 Å². The van der Waals surface area contributed by atoms with Crippen LogP contribution >= 0.6 is 51.6 Å². The second-order valence-corrected chi connectivity index (χ2v) is 13.7. The average Bonchev–Trinajstić information content (AvgIpc) is 2.82. The van der Waals surface area contributed by atoms with E-state index in [4.69, 9.17) is 39.1 Å². The fourth-order valence-corrected chi connectivity index (χ4v) is 5.83. The zero-order valence-corrected chi connectivity index (χ0v) is 27.2. The quantitative estimate of drug-likeness (QED) is 0.141. The summed E-state index contributed by atoms with van der Waals surface area (Å²) in [5.41, 5.74) is 8.07. The van der Waals surface area contributed by atoms with Gasteiger partial charge in [0.1, 0.15) is 11.9 Å². The summed E-state index contributed by atoms with van der Waals surface area (Å²) >= 11 is 14.8. The third-order valence-electron chi connectivity index (χ3n) is 5.57. The van der Waals surface area contributed by atoms with Crippen LogP contribution in [-0.4, -0.2) is 51.0 Å². The Balaban J connectivity index is 0.000000983. The van der Waals surface area contributed by atoms with E-state index in [1.54, 1.807) is 29.5 Å². The maximum Gasteiger partial charge on any atom is 0.166 e. The number of nitrogens with one attached hydrogen (secondary N) is 2. The Hall–Kier alpha value is -1.63. The summed E-state index contributed by atoms with van der Waals surface area (Å²) in [5, 5.41) is 12.9.